The molecule has 0 aliphatic rings. The molecule has 1 amide bonds. The first kappa shape index (κ1) is 21.3. The maximum Gasteiger partial charge on any atom is 0.230 e. The van der Waals surface area contributed by atoms with Crippen LogP contribution in [0.1, 0.15) is 5.56 Å². The number of carbonyl (C=O) groups excluding carboxylic acids is 1. The van der Waals surface area contributed by atoms with Crippen LogP contribution in [0.5, 0.6) is 11.5 Å². The summed E-state index contributed by atoms with van der Waals surface area (Å²) in [6.07, 6.45) is 0.711. The van der Waals surface area contributed by atoms with Gasteiger partial charge >= 0.3 is 0 Å². The van der Waals surface area contributed by atoms with E-state index in [1.807, 2.05) is 18.2 Å². The third-order valence-corrected chi connectivity index (χ3v) is 5.51. The van der Waals surface area contributed by atoms with Crippen LogP contribution in [0.2, 0.25) is 0 Å². The summed E-state index contributed by atoms with van der Waals surface area (Å²) in [7, 11) is 4.85. The summed E-state index contributed by atoms with van der Waals surface area (Å²) < 4.78 is 16.2. The fraction of sp³-hybridized carbons (Fsp3) is 0.471. The molecule has 1 heterocycles. The first-order chi connectivity index (χ1) is 13.2. The van der Waals surface area contributed by atoms with Gasteiger partial charge in [-0.15, -0.1) is 10.2 Å². The lowest BCUT2D eigenvalue weighted by Gasteiger charge is -2.10. The number of benzene rings is 1. The molecular weight excluding hydrogens is 388 g/mol. The minimum absolute atomic E-state index is 0.0374. The number of hydrogen-bond acceptors (Lipinski definition) is 9. The zero-order chi connectivity index (χ0) is 19.5. The molecule has 2 rings (SSSR count). The van der Waals surface area contributed by atoms with E-state index >= 15 is 0 Å². The van der Waals surface area contributed by atoms with Gasteiger partial charge in [-0.1, -0.05) is 29.2 Å². The van der Waals surface area contributed by atoms with E-state index in [-0.39, 0.29) is 5.91 Å². The average molecular weight is 413 g/mol. The van der Waals surface area contributed by atoms with Gasteiger partial charge in [-0.05, 0) is 24.1 Å². The van der Waals surface area contributed by atoms with Crippen LogP contribution in [-0.4, -0.2) is 62.9 Å². The quantitative estimate of drug-likeness (QED) is 0.404. The number of nitrogens with zero attached hydrogens (tertiary/aromatic N) is 2. The third kappa shape index (κ3) is 7.24. The molecule has 8 nitrogen and oxygen atoms in total. The zero-order valence-corrected chi connectivity index (χ0v) is 17.2. The number of carbonyl (C=O) groups is 1. The molecule has 0 aliphatic heterocycles. The molecular formula is C17H24N4O4S2. The van der Waals surface area contributed by atoms with Crippen LogP contribution < -0.4 is 20.1 Å². The van der Waals surface area contributed by atoms with Crippen molar-refractivity contribution >= 4 is 34.1 Å². The molecule has 0 aliphatic carbocycles. The topological polar surface area (TPSA) is 94.6 Å². The lowest BCUT2D eigenvalue weighted by Crippen LogP contribution is -2.27. The Kier molecular flexibility index (Phi) is 9.16. The van der Waals surface area contributed by atoms with Crippen molar-refractivity contribution in [1.82, 2.24) is 15.5 Å². The molecule has 10 heteroatoms. The minimum atomic E-state index is -0.0374. The van der Waals surface area contributed by atoms with Crippen molar-refractivity contribution in [1.29, 1.82) is 0 Å². The molecule has 0 saturated heterocycles. The van der Waals surface area contributed by atoms with Gasteiger partial charge in [0.05, 0.1) is 26.6 Å². The molecule has 148 valence electrons. The van der Waals surface area contributed by atoms with Crippen LogP contribution >= 0.6 is 23.1 Å². The molecule has 2 N–H and O–H groups in total. The van der Waals surface area contributed by atoms with Gasteiger partial charge < -0.3 is 24.8 Å². The number of rotatable bonds is 12. The van der Waals surface area contributed by atoms with Crippen molar-refractivity contribution in [3.63, 3.8) is 0 Å². The van der Waals surface area contributed by atoms with E-state index in [0.29, 0.717) is 43.4 Å². The number of aromatic nitrogens is 2. The van der Waals surface area contributed by atoms with Crippen LogP contribution in [0.15, 0.2) is 22.5 Å². The summed E-state index contributed by atoms with van der Waals surface area (Å²) in [5.41, 5.74) is 1.07. The van der Waals surface area contributed by atoms with Gasteiger partial charge in [0.25, 0.3) is 0 Å². The fourth-order valence-electron chi connectivity index (χ4n) is 2.16. The van der Waals surface area contributed by atoms with Gasteiger partial charge in [-0.25, -0.2) is 0 Å². The number of ether oxygens (including phenoxy) is 3. The Balaban J connectivity index is 1.69. The van der Waals surface area contributed by atoms with E-state index in [4.69, 9.17) is 14.2 Å². The molecule has 2 aromatic rings. The van der Waals surface area contributed by atoms with Gasteiger partial charge in [0.15, 0.2) is 15.8 Å². The highest BCUT2D eigenvalue weighted by molar-refractivity contribution is 8.01. The van der Waals surface area contributed by atoms with Crippen LogP contribution in [0.3, 0.4) is 0 Å². The largest absolute Gasteiger partial charge is 0.493 e. The molecule has 27 heavy (non-hydrogen) atoms. The first-order valence-corrected chi connectivity index (χ1v) is 10.1. The van der Waals surface area contributed by atoms with Crippen LogP contribution in [-0.2, 0) is 16.0 Å². The fourth-order valence-corrected chi connectivity index (χ4v) is 3.77. The Morgan fingerprint density at radius 1 is 1.15 bits per heavy atom. The van der Waals surface area contributed by atoms with Gasteiger partial charge in [0, 0.05) is 20.2 Å². The Bertz CT molecular complexity index is 727. The Morgan fingerprint density at radius 3 is 2.70 bits per heavy atom. The molecule has 0 saturated carbocycles. The average Bonchev–Trinajstić information content (AvgIpc) is 3.14. The molecule has 1 aromatic heterocycles. The zero-order valence-electron chi connectivity index (χ0n) is 15.6. The normalized spacial score (nSPS) is 10.5. The van der Waals surface area contributed by atoms with E-state index in [0.717, 1.165) is 15.0 Å². The predicted molar refractivity (Wildman–Crippen MR) is 107 cm³/mol. The van der Waals surface area contributed by atoms with Crippen LogP contribution in [0.25, 0.3) is 0 Å². The SMILES string of the molecule is COCCNc1nnc(SCC(=O)NCCc2ccc(OC)c(OC)c2)s1. The summed E-state index contributed by atoms with van der Waals surface area (Å²) >= 11 is 2.79. The van der Waals surface area contributed by atoms with E-state index in [2.05, 4.69) is 20.8 Å². The summed E-state index contributed by atoms with van der Waals surface area (Å²) in [5, 5.41) is 14.8. The molecule has 0 fully saturated rings. The third-order valence-electron chi connectivity index (χ3n) is 3.50. The second-order valence-electron chi connectivity index (χ2n) is 5.37. The lowest BCUT2D eigenvalue weighted by molar-refractivity contribution is -0.118. The number of amides is 1. The smallest absolute Gasteiger partial charge is 0.230 e. The maximum atomic E-state index is 12.0. The van der Waals surface area contributed by atoms with Crippen molar-refractivity contribution in [3.05, 3.63) is 23.8 Å². The van der Waals surface area contributed by atoms with Crippen molar-refractivity contribution < 1.29 is 19.0 Å². The highest BCUT2D eigenvalue weighted by Gasteiger charge is 2.09. The van der Waals surface area contributed by atoms with Crippen LogP contribution in [0.4, 0.5) is 5.13 Å². The minimum Gasteiger partial charge on any atom is -0.493 e. The summed E-state index contributed by atoms with van der Waals surface area (Å²) in [6.45, 7) is 1.83. The van der Waals surface area contributed by atoms with E-state index < -0.39 is 0 Å². The standard InChI is InChI=1S/C17H24N4O4S2/c1-23-9-8-19-16-20-21-17(27-16)26-11-15(22)18-7-6-12-4-5-13(24-2)14(10-12)25-3/h4-5,10H,6-9,11H2,1-3H3,(H,18,22)(H,19,20). The monoisotopic (exact) mass is 412 g/mol. The van der Waals surface area contributed by atoms with Crippen molar-refractivity contribution in [2.75, 3.05) is 52.1 Å². The summed E-state index contributed by atoms with van der Waals surface area (Å²) in [6, 6.07) is 5.74. The Morgan fingerprint density at radius 2 is 1.96 bits per heavy atom. The molecule has 0 radical (unpaired) electrons. The van der Waals surface area contributed by atoms with E-state index in [9.17, 15) is 4.79 Å². The number of methoxy groups -OCH3 is 3. The highest BCUT2D eigenvalue weighted by Crippen LogP contribution is 2.27. The highest BCUT2D eigenvalue weighted by atomic mass is 32.2. The number of nitrogens with one attached hydrogen (secondary N) is 2. The molecule has 0 atom stereocenters. The number of thioether (sulfide) groups is 1. The molecule has 0 bridgehead atoms. The predicted octanol–water partition coefficient (Wildman–Crippen LogP) is 2.06. The van der Waals surface area contributed by atoms with E-state index in [1.54, 1.807) is 21.3 Å². The molecule has 0 unspecified atom stereocenters. The first-order valence-electron chi connectivity index (χ1n) is 8.33. The number of hydrogen-bond donors (Lipinski definition) is 2. The van der Waals surface area contributed by atoms with Gasteiger partial charge in [-0.2, -0.15) is 0 Å². The lowest BCUT2D eigenvalue weighted by atomic mass is 10.1. The maximum absolute atomic E-state index is 12.0. The van der Waals surface area contributed by atoms with Crippen LogP contribution in [0, 0.1) is 0 Å². The molecule has 1 aromatic carbocycles. The summed E-state index contributed by atoms with van der Waals surface area (Å²) in [5.74, 6) is 1.64. The van der Waals surface area contributed by atoms with Crippen molar-refractivity contribution in [2.45, 2.75) is 10.8 Å². The summed E-state index contributed by atoms with van der Waals surface area (Å²) in [4.78, 5) is 12.0. The Labute approximate surface area is 167 Å². The van der Waals surface area contributed by atoms with Gasteiger partial charge in [-0.3, -0.25) is 4.79 Å². The van der Waals surface area contributed by atoms with Crippen molar-refractivity contribution in [2.24, 2.45) is 0 Å². The Hall–Kier alpha value is -2.04. The van der Waals surface area contributed by atoms with Gasteiger partial charge in [0.2, 0.25) is 11.0 Å². The van der Waals surface area contributed by atoms with Crippen molar-refractivity contribution in [3.8, 4) is 11.5 Å². The second kappa shape index (κ2) is 11.6. The van der Waals surface area contributed by atoms with E-state index in [1.165, 1.54) is 23.1 Å². The number of anilines is 1. The molecule has 0 spiro atoms. The van der Waals surface area contributed by atoms with Gasteiger partial charge in [0.1, 0.15) is 0 Å². The second-order valence-corrected chi connectivity index (χ2v) is 7.57.